The Hall–Kier alpha value is -4.04. The molecule has 0 unspecified atom stereocenters. The Morgan fingerprint density at radius 2 is 1.23 bits per heavy atom. The number of aromatic nitrogens is 1. The fraction of sp³-hybridized carbons (Fsp3) is 0.185. The molecule has 0 amide bonds. The lowest BCUT2D eigenvalue weighted by atomic mass is 10.1. The van der Waals surface area contributed by atoms with Gasteiger partial charge in [0, 0.05) is 17.3 Å². The zero-order valence-corrected chi connectivity index (χ0v) is 21.0. The second-order valence-electron chi connectivity index (χ2n) is 7.35. The fourth-order valence-corrected chi connectivity index (χ4v) is 4.49. The molecule has 0 bridgehead atoms. The molecule has 0 radical (unpaired) electrons. The van der Waals surface area contributed by atoms with E-state index in [1.54, 1.807) is 41.8 Å². The molecule has 0 aliphatic heterocycles. The topological polar surface area (TPSA) is 71.4 Å². The number of hydrogen-bond acceptors (Lipinski definition) is 8. The summed E-state index contributed by atoms with van der Waals surface area (Å²) in [5.41, 5.74) is 3.65. The number of methoxy groups -OCH3 is 5. The lowest BCUT2D eigenvalue weighted by molar-refractivity contribution is 0.324. The molecule has 0 N–H and O–H groups in total. The average Bonchev–Trinajstić information content (AvgIpc) is 3.35. The minimum absolute atomic E-state index is 0.532. The third-order valence-corrected chi connectivity index (χ3v) is 6.36. The summed E-state index contributed by atoms with van der Waals surface area (Å²) in [5.74, 6) is 3.24. The van der Waals surface area contributed by atoms with Crippen LogP contribution in [0.3, 0.4) is 0 Å². The van der Waals surface area contributed by atoms with E-state index in [0.29, 0.717) is 22.4 Å². The molecular weight excluding hydrogens is 464 g/mol. The normalized spacial score (nSPS) is 10.9. The van der Waals surface area contributed by atoms with Crippen LogP contribution < -0.4 is 23.7 Å². The van der Waals surface area contributed by atoms with Crippen LogP contribution in [0.4, 0.5) is 5.13 Å². The quantitative estimate of drug-likeness (QED) is 0.258. The second-order valence-corrected chi connectivity index (χ2v) is 8.33. The molecule has 1 aromatic heterocycles. The standard InChI is InChI=1S/C27H26N2O5S/c1-30-20-10-6-18(7-11-20)24-26(19-8-12-21(31-2)13-9-19)35-27(29-24)28-16-17-14-22(32-3)25(34-5)23(15-17)33-4/h6-16H,1-5H3. The summed E-state index contributed by atoms with van der Waals surface area (Å²) in [5, 5.41) is 0.621. The van der Waals surface area contributed by atoms with Gasteiger partial charge in [-0.05, 0) is 66.2 Å². The number of aliphatic imine (C=N–C) groups is 1. The molecule has 0 spiro atoms. The van der Waals surface area contributed by atoms with Gasteiger partial charge in [-0.25, -0.2) is 9.98 Å². The summed E-state index contributed by atoms with van der Waals surface area (Å²) in [4.78, 5) is 10.5. The number of ether oxygens (including phenoxy) is 5. The van der Waals surface area contributed by atoms with Crippen molar-refractivity contribution in [2.45, 2.75) is 0 Å². The predicted molar refractivity (Wildman–Crippen MR) is 139 cm³/mol. The third kappa shape index (κ3) is 5.22. The monoisotopic (exact) mass is 490 g/mol. The van der Waals surface area contributed by atoms with Crippen LogP contribution in [0.25, 0.3) is 21.7 Å². The summed E-state index contributed by atoms with van der Waals surface area (Å²) in [7, 11) is 8.05. The molecule has 0 atom stereocenters. The Labute approximate surface area is 208 Å². The molecule has 8 heteroatoms. The molecule has 7 nitrogen and oxygen atoms in total. The summed E-state index contributed by atoms with van der Waals surface area (Å²) in [6.45, 7) is 0. The van der Waals surface area contributed by atoms with Crippen LogP contribution in [-0.2, 0) is 0 Å². The van der Waals surface area contributed by atoms with Crippen LogP contribution in [0.2, 0.25) is 0 Å². The van der Waals surface area contributed by atoms with E-state index in [0.717, 1.165) is 38.8 Å². The summed E-state index contributed by atoms with van der Waals surface area (Å²) in [6, 6.07) is 19.4. The van der Waals surface area contributed by atoms with Crippen molar-refractivity contribution < 1.29 is 23.7 Å². The van der Waals surface area contributed by atoms with E-state index in [-0.39, 0.29) is 0 Å². The highest BCUT2D eigenvalue weighted by Gasteiger charge is 2.16. The van der Waals surface area contributed by atoms with Gasteiger partial charge in [0.15, 0.2) is 11.5 Å². The molecule has 0 fully saturated rings. The molecule has 1 heterocycles. The fourth-order valence-electron chi connectivity index (χ4n) is 3.55. The Bertz CT molecular complexity index is 1220. The number of thiazole rings is 1. The molecule has 180 valence electrons. The minimum Gasteiger partial charge on any atom is -0.497 e. The van der Waals surface area contributed by atoms with Crippen molar-refractivity contribution in [1.29, 1.82) is 0 Å². The van der Waals surface area contributed by atoms with Crippen molar-refractivity contribution in [2.24, 2.45) is 4.99 Å². The van der Waals surface area contributed by atoms with Gasteiger partial charge in [0.2, 0.25) is 10.9 Å². The van der Waals surface area contributed by atoms with Gasteiger partial charge >= 0.3 is 0 Å². The SMILES string of the molecule is COc1ccc(-c2nc(N=Cc3cc(OC)c(OC)c(OC)c3)sc2-c2ccc(OC)cc2)cc1. The molecular formula is C27H26N2O5S. The largest absolute Gasteiger partial charge is 0.497 e. The molecule has 0 aliphatic carbocycles. The van der Waals surface area contributed by atoms with Gasteiger partial charge in [-0.15, -0.1) is 0 Å². The van der Waals surface area contributed by atoms with Crippen molar-refractivity contribution in [3.8, 4) is 50.4 Å². The van der Waals surface area contributed by atoms with Crippen molar-refractivity contribution in [3.05, 3.63) is 66.2 Å². The smallest absolute Gasteiger partial charge is 0.210 e. The number of benzene rings is 3. The van der Waals surface area contributed by atoms with E-state index in [1.165, 1.54) is 11.3 Å². The van der Waals surface area contributed by atoms with Crippen LogP contribution in [0.5, 0.6) is 28.7 Å². The minimum atomic E-state index is 0.532. The molecule has 4 rings (SSSR count). The van der Waals surface area contributed by atoms with Crippen LogP contribution in [0.1, 0.15) is 5.56 Å². The third-order valence-electron chi connectivity index (χ3n) is 5.34. The maximum Gasteiger partial charge on any atom is 0.210 e. The van der Waals surface area contributed by atoms with Crippen molar-refractivity contribution in [3.63, 3.8) is 0 Å². The van der Waals surface area contributed by atoms with Gasteiger partial charge < -0.3 is 23.7 Å². The second kappa shape index (κ2) is 10.9. The zero-order valence-electron chi connectivity index (χ0n) is 20.2. The highest BCUT2D eigenvalue weighted by atomic mass is 32.1. The molecule has 0 saturated carbocycles. The van der Waals surface area contributed by atoms with Gasteiger partial charge in [0.1, 0.15) is 11.5 Å². The number of nitrogens with zero attached hydrogens (tertiary/aromatic N) is 2. The number of hydrogen-bond donors (Lipinski definition) is 0. The van der Waals surface area contributed by atoms with E-state index in [1.807, 2.05) is 60.7 Å². The Morgan fingerprint density at radius 3 is 1.71 bits per heavy atom. The number of rotatable bonds is 9. The lowest BCUT2D eigenvalue weighted by Gasteiger charge is -2.12. The predicted octanol–water partition coefficient (Wildman–Crippen LogP) is 6.27. The molecule has 35 heavy (non-hydrogen) atoms. The summed E-state index contributed by atoms with van der Waals surface area (Å²) >= 11 is 1.51. The van der Waals surface area contributed by atoms with Crippen molar-refractivity contribution in [1.82, 2.24) is 4.98 Å². The first-order valence-corrected chi connectivity index (χ1v) is 11.6. The molecule has 0 saturated heterocycles. The van der Waals surface area contributed by atoms with Crippen molar-refractivity contribution in [2.75, 3.05) is 35.5 Å². The first-order chi connectivity index (χ1) is 17.1. The maximum absolute atomic E-state index is 5.45. The molecule has 0 aliphatic rings. The van der Waals surface area contributed by atoms with Crippen LogP contribution in [0, 0.1) is 0 Å². The van der Waals surface area contributed by atoms with Crippen LogP contribution in [-0.4, -0.2) is 46.7 Å². The van der Waals surface area contributed by atoms with E-state index >= 15 is 0 Å². The highest BCUT2D eigenvalue weighted by Crippen LogP contribution is 2.41. The van der Waals surface area contributed by atoms with Crippen molar-refractivity contribution >= 4 is 22.7 Å². The summed E-state index contributed by atoms with van der Waals surface area (Å²) in [6.07, 6.45) is 1.74. The molecule has 4 aromatic rings. The lowest BCUT2D eigenvalue weighted by Crippen LogP contribution is -1.96. The summed E-state index contributed by atoms with van der Waals surface area (Å²) < 4.78 is 26.9. The first kappa shape index (κ1) is 24.1. The zero-order chi connectivity index (χ0) is 24.8. The Kier molecular flexibility index (Phi) is 7.52. The Balaban J connectivity index is 1.75. The average molecular weight is 491 g/mol. The van der Waals surface area contributed by atoms with E-state index in [4.69, 9.17) is 28.7 Å². The first-order valence-electron chi connectivity index (χ1n) is 10.7. The van der Waals surface area contributed by atoms with Gasteiger partial charge in [0.05, 0.1) is 46.1 Å². The van der Waals surface area contributed by atoms with E-state index < -0.39 is 0 Å². The van der Waals surface area contributed by atoms with Crippen LogP contribution in [0.15, 0.2) is 65.7 Å². The molecule has 3 aromatic carbocycles. The van der Waals surface area contributed by atoms with E-state index in [2.05, 4.69) is 4.99 Å². The van der Waals surface area contributed by atoms with Gasteiger partial charge in [-0.2, -0.15) is 0 Å². The van der Waals surface area contributed by atoms with Gasteiger partial charge in [-0.1, -0.05) is 11.3 Å². The van der Waals surface area contributed by atoms with E-state index in [9.17, 15) is 0 Å². The Morgan fingerprint density at radius 1 is 0.686 bits per heavy atom. The van der Waals surface area contributed by atoms with Gasteiger partial charge in [0.25, 0.3) is 0 Å². The van der Waals surface area contributed by atoms with Gasteiger partial charge in [-0.3, -0.25) is 0 Å². The highest BCUT2D eigenvalue weighted by molar-refractivity contribution is 7.19. The maximum atomic E-state index is 5.45. The van der Waals surface area contributed by atoms with Crippen LogP contribution >= 0.6 is 11.3 Å².